The highest BCUT2D eigenvalue weighted by Gasteiger charge is 2.56. The Hall–Kier alpha value is -2.83. The summed E-state index contributed by atoms with van der Waals surface area (Å²) in [6, 6.07) is 8.37. The Morgan fingerprint density at radius 1 is 1.28 bits per heavy atom. The number of aromatic nitrogens is 2. The first-order chi connectivity index (χ1) is 16.8. The van der Waals surface area contributed by atoms with Crippen LogP contribution >= 0.6 is 7.75 Å². The van der Waals surface area contributed by atoms with Crippen molar-refractivity contribution >= 4 is 19.5 Å². The van der Waals surface area contributed by atoms with Crippen LogP contribution in [0, 0.1) is 0 Å². The molecule has 0 amide bonds. The van der Waals surface area contributed by atoms with E-state index in [4.69, 9.17) is 24.3 Å². The number of nitrogens with zero attached hydrogens (tertiary/aromatic N) is 2. The molecule has 196 valence electrons. The van der Waals surface area contributed by atoms with Crippen molar-refractivity contribution in [3.63, 3.8) is 0 Å². The number of carbonyl (C=O) groups excluding carboxylic acids is 1. The van der Waals surface area contributed by atoms with E-state index in [9.17, 15) is 19.3 Å². The number of nitrogens with one attached hydrogen (secondary N) is 1. The van der Waals surface area contributed by atoms with E-state index in [1.54, 1.807) is 32.0 Å². The van der Waals surface area contributed by atoms with Crippen molar-refractivity contribution in [2.75, 3.05) is 12.3 Å². The van der Waals surface area contributed by atoms with Crippen LogP contribution in [0.25, 0.3) is 0 Å². The zero-order chi connectivity index (χ0) is 26.3. The Kier molecular flexibility index (Phi) is 6.97. The molecule has 0 spiro atoms. The lowest BCUT2D eigenvalue weighted by atomic mass is 9.98. The molecule has 4 rings (SSSR count). The Labute approximate surface area is 206 Å². The first kappa shape index (κ1) is 26.2. The lowest BCUT2D eigenvalue weighted by molar-refractivity contribution is -0.147. The third kappa shape index (κ3) is 5.45. The van der Waals surface area contributed by atoms with E-state index in [0.717, 1.165) is 11.5 Å². The van der Waals surface area contributed by atoms with Crippen LogP contribution < -0.4 is 21.0 Å². The standard InChI is InChI=1S/C22H28FN4O8P/c1-21(2)11-14(18(29)34-21)26-36(31,35-13-7-5-4-6-8-13)32-12-15-17(28)22(3,23)19(33-15)27-10-9-16(24)25-20(27)30/h4-10,14-15,17,19,28H,11-12H2,1-3H3,(H,26,31)(H2,24,25,30)/t14?,15-,17-,19-,22-,36?/m1/s1. The van der Waals surface area contributed by atoms with Crippen LogP contribution in [-0.4, -0.2) is 56.8 Å². The number of benzene rings is 1. The molecule has 1 aromatic heterocycles. The summed E-state index contributed by atoms with van der Waals surface area (Å²) in [4.78, 5) is 28.1. The van der Waals surface area contributed by atoms with Crippen molar-refractivity contribution in [1.29, 1.82) is 0 Å². The number of cyclic esters (lactones) is 1. The van der Waals surface area contributed by atoms with Gasteiger partial charge in [0.25, 0.3) is 0 Å². The van der Waals surface area contributed by atoms with Gasteiger partial charge >= 0.3 is 19.4 Å². The molecule has 14 heteroatoms. The molecule has 1 aromatic carbocycles. The predicted octanol–water partition coefficient (Wildman–Crippen LogP) is 1.70. The van der Waals surface area contributed by atoms with E-state index < -0.39 is 61.8 Å². The number of nitrogen functional groups attached to an aromatic ring is 1. The molecule has 2 unspecified atom stereocenters. The fraction of sp³-hybridized carbons (Fsp3) is 0.500. The molecule has 0 bridgehead atoms. The van der Waals surface area contributed by atoms with Crippen LogP contribution in [-0.2, 0) is 23.4 Å². The largest absolute Gasteiger partial charge is 0.459 e. The molecule has 6 atom stereocenters. The number of carbonyl (C=O) groups is 1. The number of rotatable bonds is 8. The summed E-state index contributed by atoms with van der Waals surface area (Å²) >= 11 is 0. The van der Waals surface area contributed by atoms with Crippen molar-refractivity contribution in [1.82, 2.24) is 14.6 Å². The van der Waals surface area contributed by atoms with Gasteiger partial charge in [0.05, 0.1) is 6.61 Å². The number of hydrogen-bond acceptors (Lipinski definition) is 10. The SMILES string of the molecule is CC1(C)CC(NP(=O)(OC[C@H]2O[C@@H](n3ccc(N)nc3=O)[C@](C)(F)[C@@H]2O)Oc2ccccc2)C(=O)O1. The molecule has 2 fully saturated rings. The molecule has 0 aliphatic carbocycles. The second kappa shape index (κ2) is 9.56. The number of aliphatic hydroxyl groups excluding tert-OH is 1. The third-order valence-electron chi connectivity index (χ3n) is 5.87. The summed E-state index contributed by atoms with van der Waals surface area (Å²) in [5.41, 5.74) is 1.38. The molecule has 2 aromatic rings. The molecule has 2 aliphatic rings. The summed E-state index contributed by atoms with van der Waals surface area (Å²) in [6.45, 7) is 3.86. The van der Waals surface area contributed by atoms with Crippen molar-refractivity contribution in [2.24, 2.45) is 0 Å². The monoisotopic (exact) mass is 526 g/mol. The van der Waals surface area contributed by atoms with Crippen molar-refractivity contribution in [3.8, 4) is 5.75 Å². The van der Waals surface area contributed by atoms with Crippen molar-refractivity contribution in [3.05, 3.63) is 53.1 Å². The number of para-hydroxylation sites is 1. The van der Waals surface area contributed by atoms with Gasteiger partial charge in [0.15, 0.2) is 11.9 Å². The zero-order valence-electron chi connectivity index (χ0n) is 19.9. The van der Waals surface area contributed by atoms with Gasteiger partial charge in [-0.25, -0.2) is 13.8 Å². The number of alkyl halides is 1. The van der Waals surface area contributed by atoms with Gasteiger partial charge in [-0.15, -0.1) is 0 Å². The Balaban J connectivity index is 1.54. The Bertz CT molecular complexity index is 1220. The van der Waals surface area contributed by atoms with Gasteiger partial charge in [0, 0.05) is 12.6 Å². The Morgan fingerprint density at radius 3 is 2.58 bits per heavy atom. The van der Waals surface area contributed by atoms with E-state index in [0.29, 0.717) is 0 Å². The summed E-state index contributed by atoms with van der Waals surface area (Å²) in [5.74, 6) is -0.516. The number of hydrogen-bond donors (Lipinski definition) is 3. The van der Waals surface area contributed by atoms with E-state index in [-0.39, 0.29) is 18.0 Å². The average Bonchev–Trinajstić information content (AvgIpc) is 3.17. The summed E-state index contributed by atoms with van der Waals surface area (Å²) in [6.07, 6.45) is -3.29. The molecule has 2 aliphatic heterocycles. The van der Waals surface area contributed by atoms with E-state index >= 15 is 4.39 Å². The summed E-state index contributed by atoms with van der Waals surface area (Å²) < 4.78 is 52.0. The molecule has 12 nitrogen and oxygen atoms in total. The van der Waals surface area contributed by atoms with Crippen LogP contribution in [0.4, 0.5) is 10.2 Å². The van der Waals surface area contributed by atoms with Gasteiger partial charge in [0.2, 0.25) is 0 Å². The molecular formula is C22H28FN4O8P. The maximum atomic E-state index is 15.5. The molecular weight excluding hydrogens is 498 g/mol. The van der Waals surface area contributed by atoms with E-state index in [1.807, 2.05) is 0 Å². The minimum Gasteiger partial charge on any atom is -0.458 e. The number of ether oxygens (including phenoxy) is 2. The summed E-state index contributed by atoms with van der Waals surface area (Å²) in [7, 11) is -4.27. The van der Waals surface area contributed by atoms with Crippen molar-refractivity contribution < 1.29 is 37.4 Å². The normalized spacial score (nSPS) is 31.1. The topological polar surface area (TPSA) is 164 Å². The van der Waals surface area contributed by atoms with E-state index in [2.05, 4.69) is 10.1 Å². The molecule has 0 saturated carbocycles. The zero-order valence-corrected chi connectivity index (χ0v) is 20.8. The fourth-order valence-electron chi connectivity index (χ4n) is 4.09. The van der Waals surface area contributed by atoms with Gasteiger partial charge in [-0.1, -0.05) is 18.2 Å². The van der Waals surface area contributed by atoms with Gasteiger partial charge in [-0.3, -0.25) is 13.9 Å². The van der Waals surface area contributed by atoms with E-state index in [1.165, 1.54) is 24.4 Å². The van der Waals surface area contributed by atoms with Crippen LogP contribution in [0.2, 0.25) is 0 Å². The van der Waals surface area contributed by atoms with Gasteiger partial charge in [0.1, 0.15) is 35.4 Å². The van der Waals surface area contributed by atoms with Crippen LogP contribution in [0.3, 0.4) is 0 Å². The first-order valence-corrected chi connectivity index (χ1v) is 12.7. The maximum Gasteiger partial charge on any atom is 0.459 e. The molecule has 4 N–H and O–H groups in total. The maximum absolute atomic E-state index is 15.5. The van der Waals surface area contributed by atoms with Crippen LogP contribution in [0.5, 0.6) is 5.75 Å². The number of nitrogens with two attached hydrogens (primary N) is 1. The smallest absolute Gasteiger partial charge is 0.458 e. The Morgan fingerprint density at radius 2 is 1.97 bits per heavy atom. The highest BCUT2D eigenvalue weighted by Crippen LogP contribution is 2.48. The molecule has 0 radical (unpaired) electrons. The number of halogens is 1. The molecule has 36 heavy (non-hydrogen) atoms. The second-order valence-electron chi connectivity index (χ2n) is 9.43. The first-order valence-electron chi connectivity index (χ1n) is 11.2. The second-order valence-corrected chi connectivity index (χ2v) is 11.1. The summed E-state index contributed by atoms with van der Waals surface area (Å²) in [5, 5.41) is 13.2. The van der Waals surface area contributed by atoms with Crippen LogP contribution in [0.15, 0.2) is 47.4 Å². The highest BCUT2D eigenvalue weighted by molar-refractivity contribution is 7.52. The van der Waals surface area contributed by atoms with Gasteiger partial charge in [-0.2, -0.15) is 10.1 Å². The van der Waals surface area contributed by atoms with Gasteiger partial charge < -0.3 is 24.8 Å². The molecule has 3 heterocycles. The third-order valence-corrected chi connectivity index (χ3v) is 7.44. The quantitative estimate of drug-likeness (QED) is 0.339. The van der Waals surface area contributed by atoms with Gasteiger partial charge in [-0.05, 0) is 39.0 Å². The average molecular weight is 526 g/mol. The number of esters is 1. The minimum atomic E-state index is -4.27. The highest BCUT2D eigenvalue weighted by atomic mass is 31.2. The minimum absolute atomic E-state index is 0.0612. The lowest BCUT2D eigenvalue weighted by Gasteiger charge is -2.25. The van der Waals surface area contributed by atoms with Crippen molar-refractivity contribution in [2.45, 2.75) is 62.9 Å². The molecule has 2 saturated heterocycles. The lowest BCUT2D eigenvalue weighted by Crippen LogP contribution is -2.43. The predicted molar refractivity (Wildman–Crippen MR) is 125 cm³/mol. The fourth-order valence-corrected chi connectivity index (χ4v) is 5.59. The van der Waals surface area contributed by atoms with Crippen LogP contribution in [0.1, 0.15) is 33.4 Å². The number of aliphatic hydroxyl groups is 1. The number of anilines is 1.